The number of likely N-dealkylation sites (N-methyl/N-ethyl adjacent to an activating group) is 1. The lowest BCUT2D eigenvalue weighted by atomic mass is 9.92. The Bertz CT molecular complexity index is 494. The second kappa shape index (κ2) is 5.65. The Morgan fingerprint density at radius 2 is 2.20 bits per heavy atom. The number of allylic oxidation sites excluding steroid dienone is 2. The molecule has 0 N–H and O–H groups in total. The molecule has 4 nitrogen and oxygen atoms in total. The highest BCUT2D eigenvalue weighted by Gasteiger charge is 2.35. The molecule has 0 aromatic carbocycles. The lowest BCUT2D eigenvalue weighted by molar-refractivity contribution is -0.137. The average Bonchev–Trinajstić information content (AvgIpc) is 2.47. The van der Waals surface area contributed by atoms with Crippen LogP contribution >= 0.6 is 0 Å². The van der Waals surface area contributed by atoms with Crippen LogP contribution in [0.1, 0.15) is 19.3 Å². The van der Waals surface area contributed by atoms with Crippen molar-refractivity contribution in [1.29, 1.82) is 0 Å². The smallest absolute Gasteiger partial charge is 0.226 e. The standard InChI is InChI=1S/C16H21N3O/c1-18(16(20)13-7-3-2-4-8-13)14-11-19(12-14)15-9-5-6-10-17-15/h2-3,5-6,9-10,13-14H,4,7-8,11-12H2,1H3. The maximum atomic E-state index is 12.4. The van der Waals surface area contributed by atoms with E-state index in [4.69, 9.17) is 0 Å². The lowest BCUT2D eigenvalue weighted by Crippen LogP contribution is -2.60. The van der Waals surface area contributed by atoms with Crippen LogP contribution in [0.15, 0.2) is 36.5 Å². The minimum atomic E-state index is 0.189. The Labute approximate surface area is 120 Å². The molecule has 2 heterocycles. The van der Waals surface area contributed by atoms with Crippen molar-refractivity contribution in [2.75, 3.05) is 25.0 Å². The number of pyridine rings is 1. The number of hydrogen-bond donors (Lipinski definition) is 0. The Balaban J connectivity index is 1.54. The van der Waals surface area contributed by atoms with Gasteiger partial charge in [-0.2, -0.15) is 0 Å². The molecular weight excluding hydrogens is 250 g/mol. The van der Waals surface area contributed by atoms with Crippen LogP contribution in [0.3, 0.4) is 0 Å². The Hall–Kier alpha value is -1.84. The second-order valence-electron chi connectivity index (χ2n) is 5.68. The highest BCUT2D eigenvalue weighted by molar-refractivity contribution is 5.79. The van der Waals surface area contributed by atoms with Gasteiger partial charge in [-0.25, -0.2) is 4.98 Å². The molecule has 1 aliphatic carbocycles. The fourth-order valence-electron chi connectivity index (χ4n) is 2.91. The van der Waals surface area contributed by atoms with Crippen molar-refractivity contribution in [2.45, 2.75) is 25.3 Å². The van der Waals surface area contributed by atoms with Gasteiger partial charge >= 0.3 is 0 Å². The number of hydrogen-bond acceptors (Lipinski definition) is 3. The van der Waals surface area contributed by atoms with Crippen molar-refractivity contribution in [3.05, 3.63) is 36.5 Å². The van der Waals surface area contributed by atoms with E-state index in [1.54, 1.807) is 0 Å². The molecule has 1 saturated heterocycles. The molecule has 4 heteroatoms. The van der Waals surface area contributed by atoms with Crippen LogP contribution in [-0.2, 0) is 4.79 Å². The summed E-state index contributed by atoms with van der Waals surface area (Å²) in [6.45, 7) is 1.78. The highest BCUT2D eigenvalue weighted by atomic mass is 16.2. The van der Waals surface area contributed by atoms with Crippen LogP contribution in [0, 0.1) is 5.92 Å². The first-order valence-electron chi connectivity index (χ1n) is 7.33. The maximum absolute atomic E-state index is 12.4. The topological polar surface area (TPSA) is 36.4 Å². The van der Waals surface area contributed by atoms with Gasteiger partial charge < -0.3 is 9.80 Å². The molecule has 1 aromatic heterocycles. The monoisotopic (exact) mass is 271 g/mol. The van der Waals surface area contributed by atoms with Crippen molar-refractivity contribution in [3.63, 3.8) is 0 Å². The van der Waals surface area contributed by atoms with E-state index in [-0.39, 0.29) is 5.92 Å². The molecule has 20 heavy (non-hydrogen) atoms. The number of nitrogens with zero attached hydrogens (tertiary/aromatic N) is 3. The van der Waals surface area contributed by atoms with Gasteiger partial charge in [-0.1, -0.05) is 18.2 Å². The molecule has 1 aliphatic heterocycles. The summed E-state index contributed by atoms with van der Waals surface area (Å²) < 4.78 is 0. The zero-order valence-electron chi connectivity index (χ0n) is 11.9. The number of rotatable bonds is 3. The molecule has 106 valence electrons. The van der Waals surface area contributed by atoms with Gasteiger partial charge in [-0.05, 0) is 31.4 Å². The minimum absolute atomic E-state index is 0.189. The van der Waals surface area contributed by atoms with Crippen LogP contribution in [0.5, 0.6) is 0 Å². The predicted octanol–water partition coefficient (Wildman–Crippen LogP) is 2.08. The zero-order valence-corrected chi connectivity index (χ0v) is 11.9. The molecular formula is C16H21N3O. The van der Waals surface area contributed by atoms with E-state index in [9.17, 15) is 4.79 Å². The number of carbonyl (C=O) groups is 1. The van der Waals surface area contributed by atoms with Crippen molar-refractivity contribution < 1.29 is 4.79 Å². The summed E-state index contributed by atoms with van der Waals surface area (Å²) in [5.74, 6) is 1.50. The van der Waals surface area contributed by atoms with Crippen LogP contribution in [0.4, 0.5) is 5.82 Å². The van der Waals surface area contributed by atoms with Gasteiger partial charge in [0.05, 0.1) is 6.04 Å². The largest absolute Gasteiger partial charge is 0.352 e. The molecule has 0 bridgehead atoms. The second-order valence-corrected chi connectivity index (χ2v) is 5.68. The first kappa shape index (κ1) is 13.2. The maximum Gasteiger partial charge on any atom is 0.226 e. The minimum Gasteiger partial charge on any atom is -0.352 e. The number of amides is 1. The van der Waals surface area contributed by atoms with Gasteiger partial charge in [0, 0.05) is 32.3 Å². The van der Waals surface area contributed by atoms with Crippen molar-refractivity contribution >= 4 is 11.7 Å². The van der Waals surface area contributed by atoms with E-state index in [0.717, 1.165) is 38.2 Å². The highest BCUT2D eigenvalue weighted by Crippen LogP contribution is 2.25. The Morgan fingerprint density at radius 1 is 1.35 bits per heavy atom. The third-order valence-electron chi connectivity index (χ3n) is 4.35. The van der Waals surface area contributed by atoms with Crippen molar-refractivity contribution in [3.8, 4) is 0 Å². The third kappa shape index (κ3) is 2.55. The summed E-state index contributed by atoms with van der Waals surface area (Å²) in [5, 5.41) is 0. The lowest BCUT2D eigenvalue weighted by Gasteiger charge is -2.45. The van der Waals surface area contributed by atoms with Gasteiger partial charge in [0.25, 0.3) is 0 Å². The summed E-state index contributed by atoms with van der Waals surface area (Å²) in [7, 11) is 1.95. The molecule has 1 aromatic rings. The van der Waals surface area contributed by atoms with Gasteiger partial charge in [-0.3, -0.25) is 4.79 Å². The quantitative estimate of drug-likeness (QED) is 0.790. The molecule has 1 unspecified atom stereocenters. The van der Waals surface area contributed by atoms with Gasteiger partial charge in [0.2, 0.25) is 5.91 Å². The van der Waals surface area contributed by atoms with Gasteiger partial charge in [0.1, 0.15) is 5.82 Å². The molecule has 0 spiro atoms. The SMILES string of the molecule is CN(C(=O)C1CC=CCC1)C1CN(c2ccccn2)C1. The average molecular weight is 271 g/mol. The first-order chi connectivity index (χ1) is 9.75. The zero-order chi connectivity index (χ0) is 13.9. The Morgan fingerprint density at radius 3 is 2.85 bits per heavy atom. The van der Waals surface area contributed by atoms with Gasteiger partial charge in [-0.15, -0.1) is 0 Å². The van der Waals surface area contributed by atoms with Gasteiger partial charge in [0.15, 0.2) is 0 Å². The number of aromatic nitrogens is 1. The fourth-order valence-corrected chi connectivity index (χ4v) is 2.91. The van der Waals surface area contributed by atoms with E-state index in [0.29, 0.717) is 11.9 Å². The summed E-state index contributed by atoms with van der Waals surface area (Å²) in [6, 6.07) is 6.27. The first-order valence-corrected chi connectivity index (χ1v) is 7.33. The summed E-state index contributed by atoms with van der Waals surface area (Å²) >= 11 is 0. The van der Waals surface area contributed by atoms with E-state index >= 15 is 0 Å². The van der Waals surface area contributed by atoms with E-state index < -0.39 is 0 Å². The molecule has 1 amide bonds. The predicted molar refractivity (Wildman–Crippen MR) is 79.5 cm³/mol. The van der Waals surface area contributed by atoms with E-state index in [1.165, 1.54) is 0 Å². The summed E-state index contributed by atoms with van der Waals surface area (Å²) in [4.78, 5) is 20.9. The molecule has 0 saturated carbocycles. The van der Waals surface area contributed by atoms with Crippen LogP contribution < -0.4 is 4.90 Å². The molecule has 1 fully saturated rings. The third-order valence-corrected chi connectivity index (χ3v) is 4.35. The normalized spacial score (nSPS) is 22.4. The number of anilines is 1. The van der Waals surface area contributed by atoms with Crippen LogP contribution in [0.2, 0.25) is 0 Å². The summed E-state index contributed by atoms with van der Waals surface area (Å²) in [5.41, 5.74) is 0. The van der Waals surface area contributed by atoms with E-state index in [2.05, 4.69) is 22.0 Å². The van der Waals surface area contributed by atoms with Crippen molar-refractivity contribution in [1.82, 2.24) is 9.88 Å². The van der Waals surface area contributed by atoms with Crippen LogP contribution in [-0.4, -0.2) is 42.0 Å². The number of carbonyl (C=O) groups excluding carboxylic acids is 1. The molecule has 2 aliphatic rings. The molecule has 1 atom stereocenters. The molecule has 0 radical (unpaired) electrons. The van der Waals surface area contributed by atoms with Crippen LogP contribution in [0.25, 0.3) is 0 Å². The fraction of sp³-hybridized carbons (Fsp3) is 0.500. The Kier molecular flexibility index (Phi) is 3.72. The summed E-state index contributed by atoms with van der Waals surface area (Å²) in [6.07, 6.45) is 9.06. The molecule has 3 rings (SSSR count). The van der Waals surface area contributed by atoms with Crippen molar-refractivity contribution in [2.24, 2.45) is 5.92 Å². The van der Waals surface area contributed by atoms with E-state index in [1.807, 2.05) is 36.3 Å².